The summed E-state index contributed by atoms with van der Waals surface area (Å²) in [6.07, 6.45) is 2.27. The Morgan fingerprint density at radius 1 is 1.00 bits per heavy atom. The molecule has 0 spiro atoms. The molecule has 4 N–H and O–H groups in total. The number of hydrazine groups is 1. The molecule has 2 heterocycles. The van der Waals surface area contributed by atoms with Gasteiger partial charge in [-0.25, -0.2) is 0 Å². The molecule has 26 heavy (non-hydrogen) atoms. The first-order valence-electron chi connectivity index (χ1n) is 8.12. The number of thiophene rings is 1. The molecular weight excluding hydrogens is 352 g/mol. The first-order chi connectivity index (χ1) is 12.6. The molecule has 3 aromatic rings. The topological polar surface area (TPSA) is 103 Å². The van der Waals surface area contributed by atoms with Crippen molar-refractivity contribution in [2.75, 3.05) is 6.54 Å². The van der Waals surface area contributed by atoms with Crippen molar-refractivity contribution in [2.45, 2.75) is 12.8 Å². The van der Waals surface area contributed by atoms with E-state index in [1.807, 2.05) is 35.7 Å². The van der Waals surface area contributed by atoms with Crippen molar-refractivity contribution in [3.05, 3.63) is 58.4 Å². The second-order valence-corrected chi connectivity index (χ2v) is 6.53. The lowest BCUT2D eigenvalue weighted by Crippen LogP contribution is -2.41. The third-order valence-corrected chi connectivity index (χ3v) is 4.63. The van der Waals surface area contributed by atoms with Crippen molar-refractivity contribution in [1.82, 2.24) is 21.2 Å². The average molecular weight is 370 g/mol. The number of benzene rings is 1. The first kappa shape index (κ1) is 17.7. The van der Waals surface area contributed by atoms with Crippen LogP contribution in [0.3, 0.4) is 0 Å². The number of hydrogen-bond donors (Lipinski definition) is 4. The van der Waals surface area contributed by atoms with E-state index in [2.05, 4.69) is 21.2 Å². The van der Waals surface area contributed by atoms with Crippen LogP contribution in [0.1, 0.15) is 32.9 Å². The Balaban J connectivity index is 1.38. The number of amides is 3. The number of para-hydroxylation sites is 1. The zero-order valence-electron chi connectivity index (χ0n) is 13.9. The van der Waals surface area contributed by atoms with Crippen LogP contribution in [0, 0.1) is 0 Å². The van der Waals surface area contributed by atoms with Crippen LogP contribution in [0.15, 0.2) is 48.0 Å². The predicted octanol–water partition coefficient (Wildman–Crippen LogP) is 2.20. The number of H-pyrrole nitrogens is 1. The number of aromatic nitrogens is 1. The fraction of sp³-hybridized carbons (Fsp3) is 0.167. The van der Waals surface area contributed by atoms with Gasteiger partial charge >= 0.3 is 0 Å². The van der Waals surface area contributed by atoms with Gasteiger partial charge in [0.25, 0.3) is 11.8 Å². The smallest absolute Gasteiger partial charge is 0.271 e. The Labute approximate surface area is 153 Å². The Bertz CT molecular complexity index is 918. The largest absolute Gasteiger partial charge is 0.360 e. The molecule has 2 aromatic heterocycles. The molecule has 8 heteroatoms. The van der Waals surface area contributed by atoms with E-state index < -0.39 is 0 Å². The third kappa shape index (κ3) is 4.28. The molecule has 3 amide bonds. The van der Waals surface area contributed by atoms with Crippen molar-refractivity contribution < 1.29 is 14.4 Å². The Morgan fingerprint density at radius 2 is 1.85 bits per heavy atom. The van der Waals surface area contributed by atoms with Crippen molar-refractivity contribution in [1.29, 1.82) is 0 Å². The lowest BCUT2D eigenvalue weighted by Gasteiger charge is -2.07. The number of aromatic amines is 1. The first-order valence-corrected chi connectivity index (χ1v) is 9.00. The predicted molar refractivity (Wildman–Crippen MR) is 99.8 cm³/mol. The molecule has 0 aliphatic carbocycles. The number of rotatable bonds is 6. The highest BCUT2D eigenvalue weighted by Crippen LogP contribution is 2.17. The van der Waals surface area contributed by atoms with E-state index in [-0.39, 0.29) is 24.1 Å². The fourth-order valence-electron chi connectivity index (χ4n) is 2.46. The van der Waals surface area contributed by atoms with Crippen LogP contribution in [0.2, 0.25) is 0 Å². The highest BCUT2D eigenvalue weighted by molar-refractivity contribution is 7.12. The molecule has 0 saturated heterocycles. The van der Waals surface area contributed by atoms with Crippen molar-refractivity contribution >= 4 is 40.0 Å². The minimum absolute atomic E-state index is 0.145. The number of fused-ring (bicyclic) bond motifs is 1. The number of nitrogens with one attached hydrogen (secondary N) is 4. The van der Waals surface area contributed by atoms with Gasteiger partial charge in [-0.15, -0.1) is 11.3 Å². The molecule has 0 atom stereocenters. The van der Waals surface area contributed by atoms with Gasteiger partial charge < -0.3 is 10.3 Å². The molecule has 0 aliphatic rings. The van der Waals surface area contributed by atoms with Gasteiger partial charge in [-0.1, -0.05) is 24.3 Å². The summed E-state index contributed by atoms with van der Waals surface area (Å²) in [5, 5.41) is 5.37. The minimum Gasteiger partial charge on any atom is -0.360 e. The van der Waals surface area contributed by atoms with Gasteiger partial charge in [0.05, 0.1) is 10.4 Å². The van der Waals surface area contributed by atoms with Gasteiger partial charge in [0.15, 0.2) is 0 Å². The molecule has 0 fully saturated rings. The molecule has 0 radical (unpaired) electrons. The van der Waals surface area contributed by atoms with Crippen molar-refractivity contribution in [3.8, 4) is 0 Å². The molecule has 7 nitrogen and oxygen atoms in total. The SMILES string of the molecule is O=C(CCCNC(=O)c1cccs1)NNC(=O)c1c[nH]c2ccccc12. The van der Waals surface area contributed by atoms with E-state index in [9.17, 15) is 14.4 Å². The maximum atomic E-state index is 12.2. The lowest BCUT2D eigenvalue weighted by atomic mass is 10.2. The molecule has 3 rings (SSSR count). The zero-order chi connectivity index (χ0) is 18.4. The summed E-state index contributed by atoms with van der Waals surface area (Å²) in [6, 6.07) is 11.0. The summed E-state index contributed by atoms with van der Waals surface area (Å²) in [6.45, 7) is 0.389. The quantitative estimate of drug-likeness (QED) is 0.395. The van der Waals surface area contributed by atoms with Gasteiger partial charge in [-0.3, -0.25) is 25.2 Å². The summed E-state index contributed by atoms with van der Waals surface area (Å²) in [5.41, 5.74) is 6.11. The van der Waals surface area contributed by atoms with Gasteiger partial charge in [0.2, 0.25) is 5.91 Å². The summed E-state index contributed by atoms with van der Waals surface area (Å²) in [5.74, 6) is -0.849. The number of carbonyl (C=O) groups is 3. The summed E-state index contributed by atoms with van der Waals surface area (Å²) in [7, 11) is 0. The van der Waals surface area contributed by atoms with E-state index in [1.165, 1.54) is 11.3 Å². The van der Waals surface area contributed by atoms with E-state index >= 15 is 0 Å². The average Bonchev–Trinajstić information content (AvgIpc) is 3.32. The maximum Gasteiger partial charge on any atom is 0.271 e. The van der Waals surface area contributed by atoms with Crippen LogP contribution in [0.4, 0.5) is 0 Å². The number of hydrogen-bond acceptors (Lipinski definition) is 4. The van der Waals surface area contributed by atoms with Crippen LogP contribution in [-0.4, -0.2) is 29.3 Å². The Kier molecular flexibility index (Phi) is 5.65. The zero-order valence-corrected chi connectivity index (χ0v) is 14.7. The van der Waals surface area contributed by atoms with Crippen molar-refractivity contribution in [2.24, 2.45) is 0 Å². The second-order valence-electron chi connectivity index (χ2n) is 5.59. The van der Waals surface area contributed by atoms with Crippen LogP contribution < -0.4 is 16.2 Å². The van der Waals surface area contributed by atoms with Gasteiger partial charge in [-0.05, 0) is 23.9 Å². The lowest BCUT2D eigenvalue weighted by molar-refractivity contribution is -0.121. The van der Waals surface area contributed by atoms with Gasteiger partial charge in [-0.2, -0.15) is 0 Å². The second kappa shape index (κ2) is 8.30. The molecule has 0 aliphatic heterocycles. The third-order valence-electron chi connectivity index (χ3n) is 3.76. The maximum absolute atomic E-state index is 12.2. The Hall–Kier alpha value is -3.13. The van der Waals surface area contributed by atoms with E-state index in [4.69, 9.17) is 0 Å². The standard InChI is InChI=1S/C18H18N4O3S/c23-16(8-3-9-19-18(25)15-7-4-10-26-15)21-22-17(24)13-11-20-14-6-2-1-5-12(13)14/h1-2,4-7,10-11,20H,3,8-9H2,(H,19,25)(H,21,23)(H,22,24). The fourth-order valence-corrected chi connectivity index (χ4v) is 3.10. The molecule has 134 valence electrons. The van der Waals surface area contributed by atoms with E-state index in [0.29, 0.717) is 23.4 Å². The molecule has 0 unspecified atom stereocenters. The van der Waals surface area contributed by atoms with Crippen LogP contribution in [0.5, 0.6) is 0 Å². The number of carbonyl (C=O) groups excluding carboxylic acids is 3. The van der Waals surface area contributed by atoms with Gasteiger partial charge in [0.1, 0.15) is 0 Å². The highest BCUT2D eigenvalue weighted by Gasteiger charge is 2.12. The summed E-state index contributed by atoms with van der Waals surface area (Å²) < 4.78 is 0. The van der Waals surface area contributed by atoms with Gasteiger partial charge in [0, 0.05) is 30.1 Å². The summed E-state index contributed by atoms with van der Waals surface area (Å²) >= 11 is 1.36. The van der Waals surface area contributed by atoms with E-state index in [0.717, 1.165) is 10.9 Å². The normalized spacial score (nSPS) is 10.5. The minimum atomic E-state index is -0.387. The summed E-state index contributed by atoms with van der Waals surface area (Å²) in [4.78, 5) is 39.4. The monoisotopic (exact) mass is 370 g/mol. The van der Waals surface area contributed by atoms with Crippen LogP contribution in [-0.2, 0) is 4.79 Å². The Morgan fingerprint density at radius 3 is 2.65 bits per heavy atom. The van der Waals surface area contributed by atoms with Crippen LogP contribution in [0.25, 0.3) is 10.9 Å². The van der Waals surface area contributed by atoms with Crippen LogP contribution >= 0.6 is 11.3 Å². The molecule has 0 saturated carbocycles. The van der Waals surface area contributed by atoms with E-state index in [1.54, 1.807) is 12.3 Å². The highest BCUT2D eigenvalue weighted by atomic mass is 32.1. The van der Waals surface area contributed by atoms with Crippen molar-refractivity contribution in [3.63, 3.8) is 0 Å². The molecule has 1 aromatic carbocycles. The molecular formula is C18H18N4O3S. The molecule has 0 bridgehead atoms.